The topological polar surface area (TPSA) is 103 Å². The monoisotopic (exact) mass is 337 g/mol. The van der Waals surface area contributed by atoms with E-state index in [1.165, 1.54) is 4.90 Å². The molecule has 7 nitrogen and oxygen atoms in total. The number of H-pyrrole nitrogens is 1. The number of carbonyl (C=O) groups is 1. The summed E-state index contributed by atoms with van der Waals surface area (Å²) in [5.41, 5.74) is 1.49. The molecule has 1 aromatic carbocycles. The van der Waals surface area contributed by atoms with Crippen LogP contribution in [0.3, 0.4) is 0 Å². The lowest BCUT2D eigenvalue weighted by molar-refractivity contribution is -0.132. The Morgan fingerprint density at radius 2 is 2.17 bits per heavy atom. The standard InChI is InChI=1S/C15H19N3O4S/c19-7-6-18(11-5-8-23(21,22)10-11)15(20)9-14-12-3-1-2-4-13(12)16-17-14/h1-4,11,19H,5-10H2,(H,16,17). The molecule has 1 amide bonds. The number of amides is 1. The minimum Gasteiger partial charge on any atom is -0.395 e. The van der Waals surface area contributed by atoms with Crippen molar-refractivity contribution in [2.45, 2.75) is 18.9 Å². The summed E-state index contributed by atoms with van der Waals surface area (Å²) >= 11 is 0. The van der Waals surface area contributed by atoms with Gasteiger partial charge in [0.2, 0.25) is 5.91 Å². The zero-order chi connectivity index (χ0) is 16.4. The molecule has 1 aliphatic heterocycles. The number of benzene rings is 1. The van der Waals surface area contributed by atoms with Crippen LogP contribution in [0.2, 0.25) is 0 Å². The van der Waals surface area contributed by atoms with Gasteiger partial charge in [0.15, 0.2) is 9.84 Å². The van der Waals surface area contributed by atoms with Crippen LogP contribution in [-0.2, 0) is 21.1 Å². The van der Waals surface area contributed by atoms with E-state index in [9.17, 15) is 18.3 Å². The second-order valence-electron chi connectivity index (χ2n) is 5.76. The van der Waals surface area contributed by atoms with E-state index in [4.69, 9.17) is 0 Å². The first kappa shape index (κ1) is 15.9. The zero-order valence-corrected chi connectivity index (χ0v) is 13.4. The van der Waals surface area contributed by atoms with Gasteiger partial charge in [0.1, 0.15) is 0 Å². The van der Waals surface area contributed by atoms with Gasteiger partial charge in [0.05, 0.1) is 35.7 Å². The lowest BCUT2D eigenvalue weighted by Gasteiger charge is -2.27. The van der Waals surface area contributed by atoms with Crippen molar-refractivity contribution >= 4 is 26.6 Å². The molecule has 0 spiro atoms. The normalized spacial score (nSPS) is 20.0. The lowest BCUT2D eigenvalue weighted by Crippen LogP contribution is -2.43. The molecule has 1 aromatic heterocycles. The summed E-state index contributed by atoms with van der Waals surface area (Å²) in [7, 11) is -3.08. The Kier molecular flexibility index (Phi) is 4.36. The van der Waals surface area contributed by atoms with Crippen LogP contribution >= 0.6 is 0 Å². The van der Waals surface area contributed by atoms with E-state index in [1.54, 1.807) is 0 Å². The fourth-order valence-electron chi connectivity index (χ4n) is 3.04. The van der Waals surface area contributed by atoms with Crippen LogP contribution < -0.4 is 0 Å². The van der Waals surface area contributed by atoms with E-state index >= 15 is 0 Å². The Labute approximate surface area is 134 Å². The quantitative estimate of drug-likeness (QED) is 0.806. The number of aliphatic hydroxyl groups is 1. The van der Waals surface area contributed by atoms with Crippen LogP contribution in [0, 0.1) is 0 Å². The van der Waals surface area contributed by atoms with Crippen molar-refractivity contribution in [3.63, 3.8) is 0 Å². The van der Waals surface area contributed by atoms with Gasteiger partial charge >= 0.3 is 0 Å². The van der Waals surface area contributed by atoms with Crippen molar-refractivity contribution < 1.29 is 18.3 Å². The van der Waals surface area contributed by atoms with Crippen molar-refractivity contribution in [2.24, 2.45) is 0 Å². The highest BCUT2D eigenvalue weighted by molar-refractivity contribution is 7.91. The van der Waals surface area contributed by atoms with Gasteiger partial charge in [0, 0.05) is 18.0 Å². The first-order valence-electron chi connectivity index (χ1n) is 7.53. The molecule has 2 heterocycles. The third kappa shape index (κ3) is 3.37. The zero-order valence-electron chi connectivity index (χ0n) is 12.6. The number of fused-ring (bicyclic) bond motifs is 1. The Hall–Kier alpha value is -1.93. The molecule has 1 unspecified atom stereocenters. The Balaban J connectivity index is 1.79. The Morgan fingerprint density at radius 1 is 1.39 bits per heavy atom. The molecule has 1 atom stereocenters. The second kappa shape index (κ2) is 6.29. The minimum atomic E-state index is -3.08. The molecular weight excluding hydrogens is 318 g/mol. The summed E-state index contributed by atoms with van der Waals surface area (Å²) < 4.78 is 23.3. The van der Waals surface area contributed by atoms with E-state index in [0.717, 1.165) is 10.9 Å². The molecule has 0 aliphatic carbocycles. The highest BCUT2D eigenvalue weighted by Crippen LogP contribution is 2.20. The predicted molar refractivity (Wildman–Crippen MR) is 85.7 cm³/mol. The summed E-state index contributed by atoms with van der Waals surface area (Å²) in [4.78, 5) is 14.1. The number of sulfone groups is 1. The van der Waals surface area contributed by atoms with Gasteiger partial charge in [0.25, 0.3) is 0 Å². The molecule has 0 saturated carbocycles. The fourth-order valence-corrected chi connectivity index (χ4v) is 4.77. The van der Waals surface area contributed by atoms with Crippen molar-refractivity contribution in [3.8, 4) is 0 Å². The number of hydrogen-bond acceptors (Lipinski definition) is 5. The van der Waals surface area contributed by atoms with E-state index in [-0.39, 0.29) is 43.0 Å². The van der Waals surface area contributed by atoms with Crippen LogP contribution in [-0.4, -0.2) is 65.2 Å². The van der Waals surface area contributed by atoms with Crippen molar-refractivity contribution in [1.82, 2.24) is 15.1 Å². The highest BCUT2D eigenvalue weighted by Gasteiger charge is 2.34. The third-order valence-electron chi connectivity index (χ3n) is 4.18. The minimum absolute atomic E-state index is 0.0253. The smallest absolute Gasteiger partial charge is 0.228 e. The number of aromatic amines is 1. The Morgan fingerprint density at radius 3 is 2.87 bits per heavy atom. The molecule has 2 N–H and O–H groups in total. The third-order valence-corrected chi connectivity index (χ3v) is 5.93. The molecular formula is C15H19N3O4S. The number of carbonyl (C=O) groups excluding carboxylic acids is 1. The summed E-state index contributed by atoms with van der Waals surface area (Å²) in [6.07, 6.45) is 0.537. The second-order valence-corrected chi connectivity index (χ2v) is 7.99. The van der Waals surface area contributed by atoms with E-state index in [1.807, 2.05) is 24.3 Å². The molecule has 124 valence electrons. The molecule has 0 radical (unpaired) electrons. The molecule has 3 rings (SSSR count). The van der Waals surface area contributed by atoms with Crippen LogP contribution in [0.1, 0.15) is 12.1 Å². The number of hydrogen-bond donors (Lipinski definition) is 2. The largest absolute Gasteiger partial charge is 0.395 e. The van der Waals surface area contributed by atoms with Crippen LogP contribution in [0.25, 0.3) is 10.9 Å². The van der Waals surface area contributed by atoms with Crippen LogP contribution in [0.4, 0.5) is 0 Å². The van der Waals surface area contributed by atoms with Gasteiger partial charge in [-0.3, -0.25) is 9.89 Å². The lowest BCUT2D eigenvalue weighted by atomic mass is 10.1. The maximum absolute atomic E-state index is 12.6. The number of nitrogens with zero attached hydrogens (tertiary/aromatic N) is 2. The summed E-state index contributed by atoms with van der Waals surface area (Å²) in [5, 5.41) is 17.1. The van der Waals surface area contributed by atoms with Crippen molar-refractivity contribution in [2.75, 3.05) is 24.7 Å². The summed E-state index contributed by atoms with van der Waals surface area (Å²) in [5.74, 6) is -0.127. The molecule has 1 fully saturated rings. The highest BCUT2D eigenvalue weighted by atomic mass is 32.2. The average molecular weight is 337 g/mol. The summed E-state index contributed by atoms with van der Waals surface area (Å²) in [6.45, 7) is -0.0445. The van der Waals surface area contributed by atoms with Gasteiger partial charge < -0.3 is 10.0 Å². The van der Waals surface area contributed by atoms with E-state index in [0.29, 0.717) is 12.1 Å². The van der Waals surface area contributed by atoms with Crippen LogP contribution in [0.15, 0.2) is 24.3 Å². The maximum atomic E-state index is 12.6. The van der Waals surface area contributed by atoms with E-state index in [2.05, 4.69) is 10.2 Å². The molecule has 2 aromatic rings. The van der Waals surface area contributed by atoms with Gasteiger partial charge in [-0.05, 0) is 12.5 Å². The van der Waals surface area contributed by atoms with Crippen molar-refractivity contribution in [1.29, 1.82) is 0 Å². The van der Waals surface area contributed by atoms with Gasteiger partial charge in [-0.1, -0.05) is 18.2 Å². The molecule has 0 bridgehead atoms. The summed E-state index contributed by atoms with van der Waals surface area (Å²) in [6, 6.07) is 7.14. The van der Waals surface area contributed by atoms with Gasteiger partial charge in [-0.2, -0.15) is 5.10 Å². The maximum Gasteiger partial charge on any atom is 0.228 e. The van der Waals surface area contributed by atoms with Crippen LogP contribution in [0.5, 0.6) is 0 Å². The number of nitrogens with one attached hydrogen (secondary N) is 1. The average Bonchev–Trinajstić information content (AvgIpc) is 3.08. The molecule has 1 aliphatic rings. The van der Waals surface area contributed by atoms with Gasteiger partial charge in [-0.25, -0.2) is 8.42 Å². The number of aromatic nitrogens is 2. The molecule has 23 heavy (non-hydrogen) atoms. The fraction of sp³-hybridized carbons (Fsp3) is 0.467. The van der Waals surface area contributed by atoms with Gasteiger partial charge in [-0.15, -0.1) is 0 Å². The predicted octanol–water partition coefficient (Wildman–Crippen LogP) is 0.113. The number of rotatable bonds is 5. The Bertz CT molecular complexity index is 815. The van der Waals surface area contributed by atoms with Crippen molar-refractivity contribution in [3.05, 3.63) is 30.0 Å². The SMILES string of the molecule is O=C(Cc1[nH]nc2ccccc12)N(CCO)C1CCS(=O)(=O)C1. The first-order valence-corrected chi connectivity index (χ1v) is 9.35. The molecule has 8 heteroatoms. The number of aliphatic hydroxyl groups excluding tert-OH is 1. The first-order chi connectivity index (χ1) is 11.0. The number of para-hydroxylation sites is 1. The van der Waals surface area contributed by atoms with E-state index < -0.39 is 9.84 Å². The molecule has 1 saturated heterocycles.